The lowest BCUT2D eigenvalue weighted by molar-refractivity contribution is -0.142. The normalized spacial score (nSPS) is 11.5. The fourth-order valence-electron chi connectivity index (χ4n) is 1.45. The third-order valence-electron chi connectivity index (χ3n) is 2.06. The van der Waals surface area contributed by atoms with Crippen molar-refractivity contribution in [3.05, 3.63) is 34.9 Å². The van der Waals surface area contributed by atoms with E-state index in [1.165, 1.54) is 7.11 Å². The quantitative estimate of drug-likeness (QED) is 0.789. The van der Waals surface area contributed by atoms with Crippen molar-refractivity contribution >= 4 is 18.4 Å². The van der Waals surface area contributed by atoms with Crippen LogP contribution in [0.5, 0.6) is 0 Å². The van der Waals surface area contributed by atoms with E-state index in [2.05, 4.69) is 4.74 Å². The minimum Gasteiger partial charge on any atom is -0.468 e. The van der Waals surface area contributed by atoms with Gasteiger partial charge in [-0.25, -0.2) is 0 Å². The summed E-state index contributed by atoms with van der Waals surface area (Å²) in [5, 5.41) is 0. The first-order chi connectivity index (χ1) is 6.54. The number of nitrogens with two attached hydrogens (primary N) is 1. The van der Waals surface area contributed by atoms with Gasteiger partial charge in [-0.05, 0) is 19.4 Å². The highest BCUT2D eigenvalue weighted by Crippen LogP contribution is 2.15. The number of halogens is 1. The van der Waals surface area contributed by atoms with Gasteiger partial charge in [0.2, 0.25) is 0 Å². The van der Waals surface area contributed by atoms with E-state index in [0.29, 0.717) is 0 Å². The standard InChI is InChI=1S/C11H15NO2.ClH/c1-7-4-8(2)6-9(5-7)10(12)11(13)14-3;/h4-6,10H,12H2,1-3H3;1H. The Balaban J connectivity index is 0.00000196. The maximum absolute atomic E-state index is 11.2. The van der Waals surface area contributed by atoms with Gasteiger partial charge in [0.15, 0.2) is 0 Å². The fourth-order valence-corrected chi connectivity index (χ4v) is 1.45. The Kier molecular flexibility index (Phi) is 5.33. The molecule has 3 nitrogen and oxygen atoms in total. The van der Waals surface area contributed by atoms with Crippen molar-refractivity contribution < 1.29 is 9.53 Å². The average Bonchev–Trinajstić information content (AvgIpc) is 2.14. The van der Waals surface area contributed by atoms with Gasteiger partial charge in [-0.15, -0.1) is 12.4 Å². The SMILES string of the molecule is COC(=O)C(N)c1cc(C)cc(C)c1.Cl. The Bertz CT molecular complexity index is 332. The summed E-state index contributed by atoms with van der Waals surface area (Å²) >= 11 is 0. The molecule has 0 heterocycles. The maximum atomic E-state index is 11.2. The molecule has 0 aliphatic rings. The monoisotopic (exact) mass is 229 g/mol. The van der Waals surface area contributed by atoms with Crippen molar-refractivity contribution in [1.82, 2.24) is 0 Å². The Hall–Kier alpha value is -1.06. The molecule has 0 spiro atoms. The molecule has 0 aliphatic carbocycles. The molecule has 1 aromatic rings. The van der Waals surface area contributed by atoms with E-state index in [1.54, 1.807) is 0 Å². The van der Waals surface area contributed by atoms with Crippen LogP contribution in [0, 0.1) is 13.8 Å². The number of carbonyl (C=O) groups excluding carboxylic acids is 1. The van der Waals surface area contributed by atoms with Crippen LogP contribution >= 0.6 is 12.4 Å². The van der Waals surface area contributed by atoms with Crippen LogP contribution in [0.2, 0.25) is 0 Å². The van der Waals surface area contributed by atoms with Crippen molar-refractivity contribution in [1.29, 1.82) is 0 Å². The number of benzene rings is 1. The summed E-state index contributed by atoms with van der Waals surface area (Å²) in [7, 11) is 1.34. The largest absolute Gasteiger partial charge is 0.468 e. The zero-order valence-electron chi connectivity index (χ0n) is 9.11. The molecule has 0 aromatic heterocycles. The minimum absolute atomic E-state index is 0. The topological polar surface area (TPSA) is 52.3 Å². The average molecular weight is 230 g/mol. The predicted molar refractivity (Wildman–Crippen MR) is 62.1 cm³/mol. The van der Waals surface area contributed by atoms with Crippen LogP contribution in [-0.4, -0.2) is 13.1 Å². The van der Waals surface area contributed by atoms with Gasteiger partial charge < -0.3 is 10.5 Å². The van der Waals surface area contributed by atoms with Gasteiger partial charge in [-0.2, -0.15) is 0 Å². The summed E-state index contributed by atoms with van der Waals surface area (Å²) in [6.07, 6.45) is 0. The van der Waals surface area contributed by atoms with Crippen LogP contribution in [0.25, 0.3) is 0 Å². The number of hydrogen-bond donors (Lipinski definition) is 1. The second-order valence-corrected chi connectivity index (χ2v) is 3.42. The summed E-state index contributed by atoms with van der Waals surface area (Å²) in [5.41, 5.74) is 8.71. The van der Waals surface area contributed by atoms with Crippen LogP contribution < -0.4 is 5.73 Å². The number of methoxy groups -OCH3 is 1. The first kappa shape index (κ1) is 13.9. The highest BCUT2D eigenvalue weighted by molar-refractivity contribution is 5.85. The molecular weight excluding hydrogens is 214 g/mol. The van der Waals surface area contributed by atoms with Gasteiger partial charge >= 0.3 is 5.97 Å². The van der Waals surface area contributed by atoms with E-state index in [-0.39, 0.29) is 12.4 Å². The Morgan fingerprint density at radius 3 is 2.13 bits per heavy atom. The first-order valence-electron chi connectivity index (χ1n) is 4.46. The van der Waals surface area contributed by atoms with Crippen LogP contribution in [0.1, 0.15) is 22.7 Å². The van der Waals surface area contributed by atoms with Crippen molar-refractivity contribution in [2.45, 2.75) is 19.9 Å². The third-order valence-corrected chi connectivity index (χ3v) is 2.06. The lowest BCUT2D eigenvalue weighted by atomic mass is 10.0. The van der Waals surface area contributed by atoms with Crippen molar-refractivity contribution in [2.24, 2.45) is 5.73 Å². The number of carbonyl (C=O) groups is 1. The van der Waals surface area contributed by atoms with Crippen LogP contribution in [0.4, 0.5) is 0 Å². The lowest BCUT2D eigenvalue weighted by Gasteiger charge is -2.11. The molecule has 0 radical (unpaired) electrons. The molecule has 0 fully saturated rings. The highest BCUT2D eigenvalue weighted by Gasteiger charge is 2.16. The van der Waals surface area contributed by atoms with Crippen LogP contribution in [0.3, 0.4) is 0 Å². The van der Waals surface area contributed by atoms with E-state index in [4.69, 9.17) is 5.73 Å². The first-order valence-corrected chi connectivity index (χ1v) is 4.46. The van der Waals surface area contributed by atoms with Crippen LogP contribution in [0.15, 0.2) is 18.2 Å². The summed E-state index contributed by atoms with van der Waals surface area (Å²) in [5.74, 6) is -0.407. The van der Waals surface area contributed by atoms with Gasteiger partial charge in [0.1, 0.15) is 6.04 Å². The molecule has 4 heteroatoms. The van der Waals surface area contributed by atoms with Gasteiger partial charge in [0.25, 0.3) is 0 Å². The van der Waals surface area contributed by atoms with Gasteiger partial charge in [0.05, 0.1) is 7.11 Å². The van der Waals surface area contributed by atoms with Crippen molar-refractivity contribution in [3.8, 4) is 0 Å². The molecule has 0 saturated heterocycles. The number of hydrogen-bond acceptors (Lipinski definition) is 3. The summed E-state index contributed by atoms with van der Waals surface area (Å²) in [4.78, 5) is 11.2. The zero-order chi connectivity index (χ0) is 10.7. The molecule has 1 atom stereocenters. The zero-order valence-corrected chi connectivity index (χ0v) is 9.93. The smallest absolute Gasteiger partial charge is 0.327 e. The third kappa shape index (κ3) is 3.53. The highest BCUT2D eigenvalue weighted by atomic mass is 35.5. The minimum atomic E-state index is -0.682. The Labute approximate surface area is 96.0 Å². The molecule has 0 aliphatic heterocycles. The summed E-state index contributed by atoms with van der Waals surface area (Å²) in [6, 6.07) is 5.15. The van der Waals surface area contributed by atoms with E-state index in [1.807, 2.05) is 32.0 Å². The molecule has 1 aromatic carbocycles. The lowest BCUT2D eigenvalue weighted by Crippen LogP contribution is -2.22. The van der Waals surface area contributed by atoms with Crippen molar-refractivity contribution in [3.63, 3.8) is 0 Å². The molecule has 0 bridgehead atoms. The second-order valence-electron chi connectivity index (χ2n) is 3.42. The van der Waals surface area contributed by atoms with Gasteiger partial charge in [0, 0.05) is 0 Å². The summed E-state index contributed by atoms with van der Waals surface area (Å²) < 4.78 is 4.58. The molecule has 0 saturated carbocycles. The van der Waals surface area contributed by atoms with E-state index >= 15 is 0 Å². The number of aryl methyl sites for hydroxylation is 2. The Morgan fingerprint density at radius 1 is 1.27 bits per heavy atom. The maximum Gasteiger partial charge on any atom is 0.327 e. The molecule has 15 heavy (non-hydrogen) atoms. The van der Waals surface area contributed by atoms with Gasteiger partial charge in [-0.3, -0.25) is 4.79 Å². The molecule has 1 rings (SSSR count). The van der Waals surface area contributed by atoms with E-state index < -0.39 is 12.0 Å². The molecule has 0 amide bonds. The Morgan fingerprint density at radius 2 is 1.73 bits per heavy atom. The van der Waals surface area contributed by atoms with Crippen molar-refractivity contribution in [2.75, 3.05) is 7.11 Å². The molecule has 1 unspecified atom stereocenters. The second kappa shape index (κ2) is 5.73. The van der Waals surface area contributed by atoms with Crippen LogP contribution in [-0.2, 0) is 9.53 Å². The molecular formula is C11H16ClNO2. The number of ether oxygens (including phenoxy) is 1. The molecule has 84 valence electrons. The fraction of sp³-hybridized carbons (Fsp3) is 0.364. The van der Waals surface area contributed by atoms with Gasteiger partial charge in [-0.1, -0.05) is 29.3 Å². The van der Waals surface area contributed by atoms with E-state index in [9.17, 15) is 4.79 Å². The number of esters is 1. The number of rotatable bonds is 2. The summed E-state index contributed by atoms with van der Waals surface area (Å²) in [6.45, 7) is 3.95. The molecule has 2 N–H and O–H groups in total. The van der Waals surface area contributed by atoms with E-state index in [0.717, 1.165) is 16.7 Å². The predicted octanol–water partition coefficient (Wildman–Crippen LogP) is 1.90.